The van der Waals surface area contributed by atoms with E-state index in [2.05, 4.69) is 10.5 Å². The average molecular weight is 311 g/mol. The first-order chi connectivity index (χ1) is 9.86. The number of urea groups is 1. The molecule has 0 saturated heterocycles. The zero-order valence-corrected chi connectivity index (χ0v) is 13.3. The van der Waals surface area contributed by atoms with Crippen molar-refractivity contribution in [3.05, 3.63) is 34.8 Å². The van der Waals surface area contributed by atoms with Crippen molar-refractivity contribution in [1.82, 2.24) is 14.6 Å². The molecule has 0 spiro atoms. The Kier molecular flexibility index (Phi) is 4.57. The van der Waals surface area contributed by atoms with Crippen LogP contribution in [0, 0.1) is 0 Å². The van der Waals surface area contributed by atoms with Crippen molar-refractivity contribution in [2.45, 2.75) is 26.3 Å². The number of amides is 2. The minimum absolute atomic E-state index is 0.228. The monoisotopic (exact) mass is 310 g/mol. The van der Waals surface area contributed by atoms with Crippen LogP contribution >= 0.6 is 11.6 Å². The summed E-state index contributed by atoms with van der Waals surface area (Å²) >= 11 is 5.93. The lowest BCUT2D eigenvalue weighted by Gasteiger charge is -2.17. The summed E-state index contributed by atoms with van der Waals surface area (Å²) in [5, 5.41) is 7.18. The fourth-order valence-electron chi connectivity index (χ4n) is 1.86. The van der Waals surface area contributed by atoms with Gasteiger partial charge in [0.15, 0.2) is 5.82 Å². The molecule has 7 heteroatoms. The summed E-state index contributed by atoms with van der Waals surface area (Å²) in [6, 6.07) is 3.31. The first kappa shape index (κ1) is 15.4. The fraction of sp³-hybridized carbons (Fsp3) is 0.429. The molecule has 0 radical (unpaired) electrons. The highest BCUT2D eigenvalue weighted by atomic mass is 35.5. The van der Waals surface area contributed by atoms with E-state index in [9.17, 15) is 4.79 Å². The van der Waals surface area contributed by atoms with Gasteiger partial charge in [-0.25, -0.2) is 4.79 Å². The predicted molar refractivity (Wildman–Crippen MR) is 81.5 cm³/mol. The Hall–Kier alpha value is -1.95. The third-order valence-corrected chi connectivity index (χ3v) is 3.36. The van der Waals surface area contributed by atoms with Gasteiger partial charge in [0.1, 0.15) is 5.76 Å². The Morgan fingerprint density at radius 3 is 2.76 bits per heavy atom. The van der Waals surface area contributed by atoms with E-state index in [1.807, 2.05) is 31.5 Å². The number of carbonyl (C=O) groups excluding carboxylic acids is 1. The predicted octanol–water partition coefficient (Wildman–Crippen LogP) is 3.45. The third kappa shape index (κ3) is 3.78. The molecule has 0 aliphatic rings. The Morgan fingerprint density at radius 2 is 2.24 bits per heavy atom. The van der Waals surface area contributed by atoms with E-state index in [1.165, 1.54) is 0 Å². The molecular formula is C14H19ClN4O2. The van der Waals surface area contributed by atoms with Gasteiger partial charge in [-0.1, -0.05) is 30.6 Å². The molecular weight excluding hydrogens is 292 g/mol. The first-order valence-electron chi connectivity index (χ1n) is 6.66. The van der Waals surface area contributed by atoms with Gasteiger partial charge in [-0.3, -0.25) is 5.32 Å². The molecule has 2 aromatic heterocycles. The van der Waals surface area contributed by atoms with Crippen LogP contribution in [-0.2, 0) is 13.6 Å². The van der Waals surface area contributed by atoms with Crippen molar-refractivity contribution in [3.8, 4) is 0 Å². The van der Waals surface area contributed by atoms with E-state index < -0.39 is 0 Å². The zero-order valence-electron chi connectivity index (χ0n) is 12.6. The maximum Gasteiger partial charge on any atom is 0.323 e. The molecule has 1 N–H and O–H groups in total. The second kappa shape index (κ2) is 6.22. The fourth-order valence-corrected chi connectivity index (χ4v) is 2.14. The molecule has 0 aromatic carbocycles. The van der Waals surface area contributed by atoms with E-state index in [0.717, 1.165) is 11.5 Å². The maximum absolute atomic E-state index is 12.1. The van der Waals surface area contributed by atoms with Crippen molar-refractivity contribution in [1.29, 1.82) is 0 Å². The molecule has 0 aliphatic heterocycles. The minimum Gasteiger partial charge on any atom is -0.359 e. The third-order valence-electron chi connectivity index (χ3n) is 3.15. The highest BCUT2D eigenvalue weighted by Crippen LogP contribution is 2.18. The molecule has 0 saturated carbocycles. The summed E-state index contributed by atoms with van der Waals surface area (Å²) in [4.78, 5) is 13.7. The van der Waals surface area contributed by atoms with Gasteiger partial charge in [0.25, 0.3) is 0 Å². The van der Waals surface area contributed by atoms with Crippen LogP contribution in [0.2, 0.25) is 5.02 Å². The summed E-state index contributed by atoms with van der Waals surface area (Å²) in [6.07, 6.45) is 1.80. The van der Waals surface area contributed by atoms with Crippen molar-refractivity contribution in [2.75, 3.05) is 12.4 Å². The van der Waals surface area contributed by atoms with Gasteiger partial charge in [-0.2, -0.15) is 0 Å². The number of nitrogens with zero attached hydrogens (tertiary/aromatic N) is 3. The van der Waals surface area contributed by atoms with Crippen LogP contribution in [0.3, 0.4) is 0 Å². The van der Waals surface area contributed by atoms with Gasteiger partial charge < -0.3 is 14.0 Å². The molecule has 6 nitrogen and oxygen atoms in total. The first-order valence-corrected chi connectivity index (χ1v) is 7.04. The lowest BCUT2D eigenvalue weighted by atomic mass is 10.2. The standard InChI is InChI=1S/C14H19ClN4O2/c1-9(2)12-6-13(17-21-12)16-14(20)19(4)8-11-5-10(15)7-18(11)3/h5-7,9H,8H2,1-4H3,(H,16,17,20). The number of hydrogen-bond acceptors (Lipinski definition) is 3. The van der Waals surface area contributed by atoms with Gasteiger partial charge in [-0.15, -0.1) is 0 Å². The minimum atomic E-state index is -0.254. The van der Waals surface area contributed by atoms with E-state index >= 15 is 0 Å². The number of carbonyl (C=O) groups is 1. The van der Waals surface area contributed by atoms with Crippen molar-refractivity contribution < 1.29 is 9.32 Å². The van der Waals surface area contributed by atoms with Crippen LogP contribution < -0.4 is 5.32 Å². The van der Waals surface area contributed by atoms with E-state index in [0.29, 0.717) is 17.4 Å². The van der Waals surface area contributed by atoms with Crippen LogP contribution in [0.5, 0.6) is 0 Å². The SMILES string of the molecule is CC(C)c1cc(NC(=O)N(C)Cc2cc(Cl)cn2C)no1. The molecule has 21 heavy (non-hydrogen) atoms. The maximum atomic E-state index is 12.1. The lowest BCUT2D eigenvalue weighted by molar-refractivity contribution is 0.219. The molecule has 2 amide bonds. The highest BCUT2D eigenvalue weighted by molar-refractivity contribution is 6.30. The number of nitrogens with one attached hydrogen (secondary N) is 1. The number of aryl methyl sites for hydroxylation is 1. The Bertz CT molecular complexity index is 633. The molecule has 2 aromatic rings. The Balaban J connectivity index is 1.97. The summed E-state index contributed by atoms with van der Waals surface area (Å²) in [7, 11) is 3.60. The topological polar surface area (TPSA) is 63.3 Å². The Labute approximate surface area is 128 Å². The van der Waals surface area contributed by atoms with Gasteiger partial charge in [0.05, 0.1) is 11.6 Å². The van der Waals surface area contributed by atoms with Crippen LogP contribution in [0.1, 0.15) is 31.2 Å². The van der Waals surface area contributed by atoms with E-state index in [4.69, 9.17) is 16.1 Å². The van der Waals surface area contributed by atoms with E-state index in [1.54, 1.807) is 24.2 Å². The second-order valence-electron chi connectivity index (χ2n) is 5.32. The summed E-state index contributed by atoms with van der Waals surface area (Å²) in [5.41, 5.74) is 0.945. The number of rotatable bonds is 4. The summed E-state index contributed by atoms with van der Waals surface area (Å²) in [5.74, 6) is 1.38. The van der Waals surface area contributed by atoms with Gasteiger partial charge in [0.2, 0.25) is 0 Å². The summed E-state index contributed by atoms with van der Waals surface area (Å²) in [6.45, 7) is 4.44. The average Bonchev–Trinajstić information content (AvgIpc) is 2.97. The second-order valence-corrected chi connectivity index (χ2v) is 5.75. The highest BCUT2D eigenvalue weighted by Gasteiger charge is 2.15. The van der Waals surface area contributed by atoms with Crippen molar-refractivity contribution >= 4 is 23.4 Å². The Morgan fingerprint density at radius 1 is 1.52 bits per heavy atom. The molecule has 0 atom stereocenters. The van der Waals surface area contributed by atoms with Crippen LogP contribution in [0.15, 0.2) is 22.9 Å². The molecule has 2 rings (SSSR count). The largest absolute Gasteiger partial charge is 0.359 e. The molecule has 0 bridgehead atoms. The molecule has 0 aliphatic carbocycles. The van der Waals surface area contributed by atoms with Gasteiger partial charge in [-0.05, 0) is 6.07 Å². The number of halogens is 1. The molecule has 0 unspecified atom stereocenters. The zero-order chi connectivity index (χ0) is 15.6. The van der Waals surface area contributed by atoms with Crippen LogP contribution in [-0.4, -0.2) is 27.7 Å². The molecule has 2 heterocycles. The van der Waals surface area contributed by atoms with Crippen molar-refractivity contribution in [2.24, 2.45) is 7.05 Å². The van der Waals surface area contributed by atoms with Gasteiger partial charge >= 0.3 is 6.03 Å². The number of anilines is 1. The smallest absolute Gasteiger partial charge is 0.323 e. The number of hydrogen-bond donors (Lipinski definition) is 1. The lowest BCUT2D eigenvalue weighted by Crippen LogP contribution is -2.31. The molecule has 0 fully saturated rings. The quantitative estimate of drug-likeness (QED) is 0.940. The van der Waals surface area contributed by atoms with Gasteiger partial charge in [0, 0.05) is 38.0 Å². The van der Waals surface area contributed by atoms with E-state index in [-0.39, 0.29) is 11.9 Å². The van der Waals surface area contributed by atoms with Crippen molar-refractivity contribution in [3.63, 3.8) is 0 Å². The molecule has 114 valence electrons. The normalized spacial score (nSPS) is 11.0. The number of aromatic nitrogens is 2. The summed E-state index contributed by atoms with van der Waals surface area (Å²) < 4.78 is 7.03. The van der Waals surface area contributed by atoms with Crippen LogP contribution in [0.25, 0.3) is 0 Å². The van der Waals surface area contributed by atoms with Crippen LogP contribution in [0.4, 0.5) is 10.6 Å².